The molecule has 3 nitrogen and oxygen atoms in total. The van der Waals surface area contributed by atoms with Crippen molar-refractivity contribution in [3.63, 3.8) is 0 Å². The average molecular weight is 124 g/mol. The van der Waals surface area contributed by atoms with Crippen LogP contribution < -0.4 is 0 Å². The minimum Gasteiger partial charge on any atom is -0.298 e. The number of aromatic nitrogens is 2. The zero-order chi connectivity index (χ0) is 6.69. The van der Waals surface area contributed by atoms with Crippen molar-refractivity contribution in [1.29, 1.82) is 0 Å². The molecule has 0 amide bonds. The lowest BCUT2D eigenvalue weighted by atomic mass is 10.4. The predicted molar refractivity (Wildman–Crippen MR) is 32.9 cm³/mol. The van der Waals surface area contributed by atoms with Gasteiger partial charge in [0.05, 0.1) is 6.54 Å². The molecule has 1 aromatic rings. The van der Waals surface area contributed by atoms with Gasteiger partial charge in [0, 0.05) is 12.4 Å². The molecule has 48 valence electrons. The minimum absolute atomic E-state index is 0.124. The normalized spacial score (nSPS) is 9.44. The Labute approximate surface area is 53.3 Å². The molecule has 1 aromatic heterocycles. The van der Waals surface area contributed by atoms with E-state index in [9.17, 15) is 4.79 Å². The summed E-state index contributed by atoms with van der Waals surface area (Å²) in [5.41, 5.74) is 0. The number of nitrogens with zero attached hydrogens (tertiary/aromatic N) is 2. The predicted octanol–water partition coefficient (Wildman–Crippen LogP) is 0.472. The van der Waals surface area contributed by atoms with Gasteiger partial charge in [0.15, 0.2) is 5.78 Å². The van der Waals surface area contributed by atoms with Crippen molar-refractivity contribution in [1.82, 2.24) is 9.78 Å². The van der Waals surface area contributed by atoms with Crippen LogP contribution in [0.25, 0.3) is 0 Å². The molecule has 0 aromatic carbocycles. The first-order chi connectivity index (χ1) is 4.29. The van der Waals surface area contributed by atoms with Crippen molar-refractivity contribution in [2.45, 2.75) is 13.5 Å². The Kier molecular flexibility index (Phi) is 1.63. The molecule has 0 N–H and O–H groups in total. The third-order valence-corrected chi connectivity index (χ3v) is 0.944. The topological polar surface area (TPSA) is 34.9 Å². The molecule has 0 aliphatic rings. The average Bonchev–Trinajstić information content (AvgIpc) is 2.15. The Morgan fingerprint density at radius 3 is 3.00 bits per heavy atom. The Hall–Kier alpha value is -1.12. The summed E-state index contributed by atoms with van der Waals surface area (Å²) < 4.78 is 1.60. The van der Waals surface area contributed by atoms with Crippen molar-refractivity contribution >= 4 is 5.78 Å². The second-order valence-corrected chi connectivity index (χ2v) is 1.91. The molecular weight excluding hydrogens is 116 g/mol. The highest BCUT2D eigenvalue weighted by atomic mass is 16.1. The van der Waals surface area contributed by atoms with E-state index in [1.54, 1.807) is 30.1 Å². The summed E-state index contributed by atoms with van der Waals surface area (Å²) in [5, 5.41) is 3.85. The summed E-state index contributed by atoms with van der Waals surface area (Å²) >= 11 is 0. The summed E-state index contributed by atoms with van der Waals surface area (Å²) in [4.78, 5) is 10.5. The van der Waals surface area contributed by atoms with Gasteiger partial charge in [-0.05, 0) is 13.0 Å². The van der Waals surface area contributed by atoms with Crippen molar-refractivity contribution in [3.05, 3.63) is 18.5 Å². The van der Waals surface area contributed by atoms with E-state index in [0.717, 1.165) is 0 Å². The monoisotopic (exact) mass is 124 g/mol. The molecule has 0 atom stereocenters. The largest absolute Gasteiger partial charge is 0.298 e. The van der Waals surface area contributed by atoms with Gasteiger partial charge in [-0.1, -0.05) is 0 Å². The lowest BCUT2D eigenvalue weighted by Gasteiger charge is -1.92. The molecule has 0 aliphatic heterocycles. The summed E-state index contributed by atoms with van der Waals surface area (Å²) in [5.74, 6) is 0.124. The first-order valence-electron chi connectivity index (χ1n) is 2.76. The second-order valence-electron chi connectivity index (χ2n) is 1.91. The Bertz CT molecular complexity index is 191. The van der Waals surface area contributed by atoms with Gasteiger partial charge in [-0.3, -0.25) is 9.48 Å². The minimum atomic E-state index is 0.124. The Balaban J connectivity index is 2.58. The maximum atomic E-state index is 10.5. The summed E-state index contributed by atoms with van der Waals surface area (Å²) in [6.07, 6.45) is 3.42. The SMILES string of the molecule is CC(=O)Cn1cccn1. The third kappa shape index (κ3) is 1.68. The van der Waals surface area contributed by atoms with Gasteiger partial charge in [-0.2, -0.15) is 5.10 Å². The number of hydrogen-bond donors (Lipinski definition) is 0. The number of hydrogen-bond acceptors (Lipinski definition) is 2. The maximum absolute atomic E-state index is 10.5. The Morgan fingerprint density at radius 2 is 2.56 bits per heavy atom. The van der Waals surface area contributed by atoms with Crippen molar-refractivity contribution in [2.75, 3.05) is 0 Å². The highest BCUT2D eigenvalue weighted by Crippen LogP contribution is 1.83. The van der Waals surface area contributed by atoms with Gasteiger partial charge in [0.1, 0.15) is 0 Å². The smallest absolute Gasteiger partial charge is 0.151 e. The molecule has 0 aliphatic carbocycles. The summed E-state index contributed by atoms with van der Waals surface area (Å²) in [7, 11) is 0. The maximum Gasteiger partial charge on any atom is 0.151 e. The molecule has 1 rings (SSSR count). The van der Waals surface area contributed by atoms with E-state index in [1.807, 2.05) is 0 Å². The number of rotatable bonds is 2. The second kappa shape index (κ2) is 2.44. The molecule has 0 fully saturated rings. The standard InChI is InChI=1S/C6H8N2O/c1-6(9)5-8-4-2-3-7-8/h2-4H,5H2,1H3. The fourth-order valence-electron chi connectivity index (χ4n) is 0.622. The molecule has 0 spiro atoms. The van der Waals surface area contributed by atoms with Crippen LogP contribution in [0.2, 0.25) is 0 Å². The van der Waals surface area contributed by atoms with Crippen molar-refractivity contribution < 1.29 is 4.79 Å². The van der Waals surface area contributed by atoms with Crippen LogP contribution in [0, 0.1) is 0 Å². The van der Waals surface area contributed by atoms with E-state index >= 15 is 0 Å². The highest BCUT2D eigenvalue weighted by Gasteiger charge is 1.92. The molecule has 0 bridgehead atoms. The third-order valence-electron chi connectivity index (χ3n) is 0.944. The van der Waals surface area contributed by atoms with Gasteiger partial charge < -0.3 is 0 Å². The van der Waals surface area contributed by atoms with Crippen LogP contribution in [-0.2, 0) is 11.3 Å². The molecule has 0 saturated carbocycles. The van der Waals surface area contributed by atoms with Gasteiger partial charge >= 0.3 is 0 Å². The van der Waals surface area contributed by atoms with Crippen LogP contribution >= 0.6 is 0 Å². The van der Waals surface area contributed by atoms with E-state index < -0.39 is 0 Å². The number of carbonyl (C=O) groups is 1. The van der Waals surface area contributed by atoms with E-state index in [1.165, 1.54) is 0 Å². The number of ketones is 1. The van der Waals surface area contributed by atoms with Crippen LogP contribution in [0.3, 0.4) is 0 Å². The van der Waals surface area contributed by atoms with Crippen molar-refractivity contribution in [3.8, 4) is 0 Å². The zero-order valence-electron chi connectivity index (χ0n) is 5.24. The van der Waals surface area contributed by atoms with E-state index in [0.29, 0.717) is 6.54 Å². The first-order valence-corrected chi connectivity index (χ1v) is 2.76. The van der Waals surface area contributed by atoms with Crippen molar-refractivity contribution in [2.24, 2.45) is 0 Å². The fourth-order valence-corrected chi connectivity index (χ4v) is 0.622. The van der Waals surface area contributed by atoms with Gasteiger partial charge in [-0.25, -0.2) is 0 Å². The van der Waals surface area contributed by atoms with Crippen LogP contribution in [0.4, 0.5) is 0 Å². The molecule has 3 heteroatoms. The van der Waals surface area contributed by atoms with Gasteiger partial charge in [-0.15, -0.1) is 0 Å². The lowest BCUT2D eigenvalue weighted by Crippen LogP contribution is -2.05. The molecular formula is C6H8N2O. The van der Waals surface area contributed by atoms with Crippen LogP contribution in [0.5, 0.6) is 0 Å². The molecule has 0 unspecified atom stereocenters. The molecule has 0 radical (unpaired) electrons. The molecule has 1 heterocycles. The van der Waals surface area contributed by atoms with E-state index in [4.69, 9.17) is 0 Å². The molecule has 0 saturated heterocycles. The number of carbonyl (C=O) groups excluding carboxylic acids is 1. The number of Topliss-reactive ketones (excluding diaryl/α,β-unsaturated/α-hetero) is 1. The van der Waals surface area contributed by atoms with Crippen LogP contribution in [0.15, 0.2) is 18.5 Å². The van der Waals surface area contributed by atoms with Gasteiger partial charge in [0.25, 0.3) is 0 Å². The molecule has 9 heavy (non-hydrogen) atoms. The van der Waals surface area contributed by atoms with Gasteiger partial charge in [0.2, 0.25) is 0 Å². The summed E-state index contributed by atoms with van der Waals surface area (Å²) in [6.45, 7) is 1.93. The van der Waals surface area contributed by atoms with Crippen LogP contribution in [0.1, 0.15) is 6.92 Å². The Morgan fingerprint density at radius 1 is 1.78 bits per heavy atom. The fraction of sp³-hybridized carbons (Fsp3) is 0.333. The highest BCUT2D eigenvalue weighted by molar-refractivity contribution is 5.75. The zero-order valence-corrected chi connectivity index (χ0v) is 5.24. The van der Waals surface area contributed by atoms with E-state index in [2.05, 4.69) is 5.10 Å². The van der Waals surface area contributed by atoms with Crippen LogP contribution in [-0.4, -0.2) is 15.6 Å². The summed E-state index contributed by atoms with van der Waals surface area (Å²) in [6, 6.07) is 1.79. The lowest BCUT2D eigenvalue weighted by molar-refractivity contribution is -0.117. The quantitative estimate of drug-likeness (QED) is 0.574. The first kappa shape index (κ1) is 6.01. The van der Waals surface area contributed by atoms with E-state index in [-0.39, 0.29) is 5.78 Å².